The third-order valence-electron chi connectivity index (χ3n) is 3.45. The molecule has 0 heterocycles. The van der Waals surface area contributed by atoms with Crippen LogP contribution in [0.1, 0.15) is 15.9 Å². The Labute approximate surface area is 143 Å². The molecule has 7 nitrogen and oxygen atoms in total. The molecule has 0 aliphatic rings. The molecule has 128 valence electrons. The number of benzene rings is 2. The average molecular weight is 342 g/mol. The van der Waals surface area contributed by atoms with Gasteiger partial charge in [-0.25, -0.2) is 4.39 Å². The molecule has 0 bridgehead atoms. The van der Waals surface area contributed by atoms with Crippen LogP contribution in [0.25, 0.3) is 11.1 Å². The van der Waals surface area contributed by atoms with Crippen molar-refractivity contribution >= 4 is 11.9 Å². The number of rotatable bonds is 3. The lowest BCUT2D eigenvalue weighted by Gasteiger charge is -2.16. The number of aromatic hydroxyl groups is 1. The smallest absolute Gasteiger partial charge is 0.262 e. The van der Waals surface area contributed by atoms with Gasteiger partial charge in [0.25, 0.3) is 5.91 Å². The van der Waals surface area contributed by atoms with Crippen molar-refractivity contribution in [2.75, 3.05) is 14.2 Å². The van der Waals surface area contributed by atoms with Crippen molar-refractivity contribution in [2.24, 2.45) is 0 Å². The molecule has 0 atom stereocenters. The van der Waals surface area contributed by atoms with E-state index in [1.54, 1.807) is 0 Å². The van der Waals surface area contributed by atoms with E-state index in [0.717, 1.165) is 6.07 Å². The summed E-state index contributed by atoms with van der Waals surface area (Å²) in [4.78, 5) is 12.5. The maximum absolute atomic E-state index is 13.8. The first-order valence-electron chi connectivity index (χ1n) is 7.10. The minimum atomic E-state index is -0.824. The van der Waals surface area contributed by atoms with Crippen LogP contribution >= 0.6 is 0 Å². The second-order valence-electron chi connectivity index (χ2n) is 4.92. The van der Waals surface area contributed by atoms with Crippen LogP contribution in [-0.2, 0) is 0 Å². The molecule has 0 aromatic heterocycles. The second kappa shape index (κ2) is 7.31. The Hall–Kier alpha value is -3.60. The molecule has 0 spiro atoms. The van der Waals surface area contributed by atoms with E-state index in [2.05, 4.69) is 10.6 Å². The van der Waals surface area contributed by atoms with Gasteiger partial charge in [0.15, 0.2) is 5.96 Å². The highest BCUT2D eigenvalue weighted by Gasteiger charge is 2.24. The second-order valence-corrected chi connectivity index (χ2v) is 4.92. The fourth-order valence-corrected chi connectivity index (χ4v) is 2.31. The Morgan fingerprint density at radius 2 is 2.08 bits per heavy atom. The zero-order valence-electron chi connectivity index (χ0n) is 13.5. The molecule has 2 aromatic rings. The molecule has 25 heavy (non-hydrogen) atoms. The van der Waals surface area contributed by atoms with Gasteiger partial charge in [-0.2, -0.15) is 5.26 Å². The van der Waals surface area contributed by atoms with E-state index in [-0.39, 0.29) is 34.0 Å². The number of guanidine groups is 1. The molecule has 1 amide bonds. The van der Waals surface area contributed by atoms with Crippen LogP contribution in [0.4, 0.5) is 4.39 Å². The highest BCUT2D eigenvalue weighted by Crippen LogP contribution is 2.38. The van der Waals surface area contributed by atoms with E-state index in [9.17, 15) is 19.6 Å². The number of hydrogen-bond acceptors (Lipinski definition) is 5. The Kier molecular flexibility index (Phi) is 5.19. The number of amides is 1. The average Bonchev–Trinajstić information content (AvgIpc) is 2.60. The molecule has 2 aromatic carbocycles. The van der Waals surface area contributed by atoms with Gasteiger partial charge in [-0.05, 0) is 30.3 Å². The van der Waals surface area contributed by atoms with Crippen molar-refractivity contribution < 1.29 is 19.0 Å². The number of carbonyl (C=O) groups excluding carboxylic acids is 1. The largest absolute Gasteiger partial charge is 0.507 e. The van der Waals surface area contributed by atoms with Crippen molar-refractivity contribution in [3.05, 3.63) is 47.3 Å². The van der Waals surface area contributed by atoms with Gasteiger partial charge in [-0.3, -0.25) is 15.5 Å². The summed E-state index contributed by atoms with van der Waals surface area (Å²) in [5.41, 5.74) is -0.0675. The van der Waals surface area contributed by atoms with E-state index in [1.807, 2.05) is 6.07 Å². The molecule has 0 aliphatic heterocycles. The minimum Gasteiger partial charge on any atom is -0.507 e. The van der Waals surface area contributed by atoms with Gasteiger partial charge in [0.2, 0.25) is 0 Å². The Morgan fingerprint density at radius 3 is 2.68 bits per heavy atom. The van der Waals surface area contributed by atoms with Crippen LogP contribution in [0.15, 0.2) is 30.3 Å². The Morgan fingerprint density at radius 1 is 1.36 bits per heavy atom. The first-order valence-corrected chi connectivity index (χ1v) is 7.10. The normalized spacial score (nSPS) is 9.84. The molecule has 0 saturated carbocycles. The highest BCUT2D eigenvalue weighted by atomic mass is 19.1. The van der Waals surface area contributed by atoms with E-state index in [0.29, 0.717) is 0 Å². The molecular formula is C17H15FN4O3. The first kappa shape index (κ1) is 17.7. The fraction of sp³-hybridized carbons (Fsp3) is 0.118. The van der Waals surface area contributed by atoms with Crippen molar-refractivity contribution in [2.45, 2.75) is 0 Å². The van der Waals surface area contributed by atoms with Crippen molar-refractivity contribution in [3.63, 3.8) is 0 Å². The predicted molar refractivity (Wildman–Crippen MR) is 89.0 cm³/mol. The number of carbonyl (C=O) groups is 1. The number of nitrogens with zero attached hydrogens (tertiary/aromatic N) is 1. The van der Waals surface area contributed by atoms with Gasteiger partial charge in [0, 0.05) is 18.2 Å². The topological polar surface area (TPSA) is 118 Å². The van der Waals surface area contributed by atoms with Crippen molar-refractivity contribution in [1.29, 1.82) is 10.7 Å². The summed E-state index contributed by atoms with van der Waals surface area (Å²) in [5.74, 6) is -1.92. The van der Waals surface area contributed by atoms with Gasteiger partial charge >= 0.3 is 0 Å². The summed E-state index contributed by atoms with van der Waals surface area (Å²) < 4.78 is 18.9. The van der Waals surface area contributed by atoms with Gasteiger partial charge in [-0.1, -0.05) is 0 Å². The maximum atomic E-state index is 13.8. The summed E-state index contributed by atoms with van der Waals surface area (Å²) in [7, 11) is 2.80. The van der Waals surface area contributed by atoms with Crippen LogP contribution in [0, 0.1) is 22.6 Å². The van der Waals surface area contributed by atoms with E-state index < -0.39 is 17.5 Å². The van der Waals surface area contributed by atoms with Crippen LogP contribution in [0.5, 0.6) is 11.5 Å². The number of nitriles is 1. The van der Waals surface area contributed by atoms with Crippen molar-refractivity contribution in [3.8, 4) is 28.7 Å². The summed E-state index contributed by atoms with van der Waals surface area (Å²) >= 11 is 0. The van der Waals surface area contributed by atoms with Gasteiger partial charge in [0.1, 0.15) is 17.3 Å². The monoisotopic (exact) mass is 342 g/mol. The lowest BCUT2D eigenvalue weighted by atomic mass is 9.92. The van der Waals surface area contributed by atoms with Crippen LogP contribution in [0.2, 0.25) is 0 Å². The molecule has 0 radical (unpaired) electrons. The minimum absolute atomic E-state index is 0.0141. The number of methoxy groups -OCH3 is 1. The lowest BCUT2D eigenvalue weighted by molar-refractivity contribution is 0.0974. The third kappa shape index (κ3) is 3.50. The number of phenols is 1. The SMILES string of the molecule is CNC(=N)NC(=O)c1c(O)ccc(C#N)c1-c1cc(F)ccc1OC. The van der Waals surface area contributed by atoms with E-state index >= 15 is 0 Å². The molecular weight excluding hydrogens is 327 g/mol. The maximum Gasteiger partial charge on any atom is 0.262 e. The molecule has 0 fully saturated rings. The molecule has 2 rings (SSSR count). The molecule has 0 unspecified atom stereocenters. The van der Waals surface area contributed by atoms with Crippen molar-refractivity contribution in [1.82, 2.24) is 10.6 Å². The zero-order chi connectivity index (χ0) is 18.6. The number of phenolic OH excluding ortho intramolecular Hbond substituents is 1. The Bertz CT molecular complexity index is 890. The number of hydrogen-bond donors (Lipinski definition) is 4. The van der Waals surface area contributed by atoms with Crippen LogP contribution in [0.3, 0.4) is 0 Å². The van der Waals surface area contributed by atoms with Gasteiger partial charge < -0.3 is 15.2 Å². The fourth-order valence-electron chi connectivity index (χ4n) is 2.31. The number of nitrogens with one attached hydrogen (secondary N) is 3. The summed E-state index contributed by atoms with van der Waals surface area (Å²) in [6, 6.07) is 8.05. The quantitative estimate of drug-likeness (QED) is 0.502. The highest BCUT2D eigenvalue weighted by molar-refractivity contribution is 6.11. The summed E-state index contributed by atoms with van der Waals surface area (Å²) in [6.45, 7) is 0. The predicted octanol–water partition coefficient (Wildman–Crippen LogP) is 1.96. The van der Waals surface area contributed by atoms with Gasteiger partial charge in [-0.15, -0.1) is 0 Å². The standard InChI is InChI=1S/C17H15FN4O3/c1-21-17(20)22-16(24)15-12(23)5-3-9(8-19)14(15)11-7-10(18)4-6-13(11)25-2/h3-7,23H,1-2H3,(H3,20,21,22,24). The number of halogens is 1. The first-order chi connectivity index (χ1) is 11.9. The summed E-state index contributed by atoms with van der Waals surface area (Å²) in [6.07, 6.45) is 0. The zero-order valence-corrected chi connectivity index (χ0v) is 13.5. The van der Waals surface area contributed by atoms with E-state index in [4.69, 9.17) is 10.1 Å². The van der Waals surface area contributed by atoms with Gasteiger partial charge in [0.05, 0.1) is 24.3 Å². The number of ether oxygens (including phenoxy) is 1. The lowest BCUT2D eigenvalue weighted by Crippen LogP contribution is -2.38. The third-order valence-corrected chi connectivity index (χ3v) is 3.45. The van der Waals surface area contributed by atoms with Crippen LogP contribution in [-0.4, -0.2) is 31.1 Å². The van der Waals surface area contributed by atoms with E-state index in [1.165, 1.54) is 38.4 Å². The Balaban J connectivity index is 2.79. The molecule has 0 saturated heterocycles. The van der Waals surface area contributed by atoms with Crippen LogP contribution < -0.4 is 15.4 Å². The molecule has 0 aliphatic carbocycles. The molecule has 8 heteroatoms. The summed E-state index contributed by atoms with van der Waals surface area (Å²) in [5, 5.41) is 31.7. The molecule has 4 N–H and O–H groups in total.